The van der Waals surface area contributed by atoms with E-state index in [0.717, 1.165) is 0 Å². The van der Waals surface area contributed by atoms with E-state index in [2.05, 4.69) is 0 Å². The molecule has 0 aromatic rings. The number of hydrogen-bond donors (Lipinski definition) is 0. The summed E-state index contributed by atoms with van der Waals surface area (Å²) in [5.41, 5.74) is 0. The zero-order chi connectivity index (χ0) is 0. The Labute approximate surface area is 76.4 Å². The van der Waals surface area contributed by atoms with E-state index in [1.165, 1.54) is 0 Å². The Morgan fingerprint density at radius 3 is 1.00 bits per heavy atom. The van der Waals surface area contributed by atoms with Crippen LogP contribution in [-0.4, -0.2) is 0 Å². The molecule has 0 bridgehead atoms. The molecule has 0 rings (SSSR count). The Morgan fingerprint density at radius 1 is 1.00 bits per heavy atom. The van der Waals surface area contributed by atoms with Crippen molar-refractivity contribution in [3.8, 4) is 0 Å². The minimum atomic E-state index is 0. The third-order valence-corrected chi connectivity index (χ3v) is 0. The summed E-state index contributed by atoms with van der Waals surface area (Å²) in [5.74, 6) is 0. The molecule has 0 amide bonds. The Morgan fingerprint density at radius 2 is 1.00 bits per heavy atom. The van der Waals surface area contributed by atoms with E-state index in [9.17, 15) is 0 Å². The molecule has 0 aliphatic carbocycles. The van der Waals surface area contributed by atoms with Gasteiger partial charge in [0.25, 0.3) is 0 Å². The summed E-state index contributed by atoms with van der Waals surface area (Å²) < 4.78 is 0. The van der Waals surface area contributed by atoms with E-state index in [1.807, 2.05) is 0 Å². The average Bonchev–Trinajstić information content (AvgIpc) is 0. The fourth-order valence-electron chi connectivity index (χ4n) is 0. The van der Waals surface area contributed by atoms with Crippen LogP contribution in [0.25, 0.3) is 0 Å². The van der Waals surface area contributed by atoms with E-state index < -0.39 is 0 Å². The summed E-state index contributed by atoms with van der Waals surface area (Å²) in [6.07, 6.45) is 0. The standard InChI is InChI=1S/Co.Nb.Ni.Ti. The predicted molar refractivity (Wildman–Crippen MR) is 0 cm³/mol. The van der Waals surface area contributed by atoms with Gasteiger partial charge in [-0.05, 0) is 0 Å². The smallest absolute Gasteiger partial charge is 0 e. The molecule has 0 unspecified atom stereocenters. The molecule has 4 heavy (non-hydrogen) atoms. The van der Waals surface area contributed by atoms with Crippen molar-refractivity contribution in [2.75, 3.05) is 0 Å². The quantitative estimate of drug-likeness (QED) is 0.536. The van der Waals surface area contributed by atoms with Gasteiger partial charge in [-0.3, -0.25) is 0 Å². The van der Waals surface area contributed by atoms with E-state index in [4.69, 9.17) is 0 Å². The Bertz CT molecular complexity index is 8.00. The minimum absolute atomic E-state index is 0. The second-order valence-corrected chi connectivity index (χ2v) is 0. The van der Waals surface area contributed by atoms with Gasteiger partial charge in [-0.25, -0.2) is 0 Å². The first kappa shape index (κ1) is 31.9. The molecule has 28 valence electrons. The van der Waals surface area contributed by atoms with E-state index >= 15 is 0 Å². The van der Waals surface area contributed by atoms with Crippen molar-refractivity contribution in [2.45, 2.75) is 0 Å². The van der Waals surface area contributed by atoms with Crippen LogP contribution in [0.4, 0.5) is 0 Å². The first-order valence-electron chi connectivity index (χ1n) is 0. The molecule has 0 aromatic heterocycles. The molecule has 0 saturated heterocycles. The van der Waals surface area contributed by atoms with Crippen molar-refractivity contribution in [3.05, 3.63) is 0 Å². The summed E-state index contributed by atoms with van der Waals surface area (Å²) in [4.78, 5) is 0. The average molecular weight is 258 g/mol. The fourth-order valence-corrected chi connectivity index (χ4v) is 0. The fraction of sp³-hybridized carbons (Fsp3) is 0. The predicted octanol–water partition coefficient (Wildman–Crippen LogP) is -0.0100. The Balaban J connectivity index is 0. The molecule has 0 N–H and O–H groups in total. The van der Waals surface area contributed by atoms with Crippen LogP contribution in [-0.2, 0) is 77.4 Å². The van der Waals surface area contributed by atoms with Crippen LogP contribution in [0.1, 0.15) is 0 Å². The van der Waals surface area contributed by atoms with Crippen LogP contribution in [0.5, 0.6) is 0 Å². The summed E-state index contributed by atoms with van der Waals surface area (Å²) in [5, 5.41) is 0. The molecule has 0 heterocycles. The van der Waals surface area contributed by atoms with Crippen LogP contribution in [0.2, 0.25) is 0 Å². The van der Waals surface area contributed by atoms with E-state index in [-0.39, 0.29) is 77.4 Å². The van der Waals surface area contributed by atoms with Crippen LogP contribution in [0.15, 0.2) is 0 Å². The normalized spacial score (nSPS) is 0. The first-order chi connectivity index (χ1) is 0. The van der Waals surface area contributed by atoms with Crippen molar-refractivity contribution in [2.24, 2.45) is 0 Å². The molecular weight excluding hydrogens is 258 g/mol. The van der Waals surface area contributed by atoms with Gasteiger partial charge in [0.1, 0.15) is 0 Å². The van der Waals surface area contributed by atoms with Crippen LogP contribution in [0, 0.1) is 0 Å². The third kappa shape index (κ3) is 8.82. The van der Waals surface area contributed by atoms with Gasteiger partial charge in [0.2, 0.25) is 0 Å². The second kappa shape index (κ2) is 18.0. The van der Waals surface area contributed by atoms with E-state index in [0.29, 0.717) is 0 Å². The number of hydrogen-bond acceptors (Lipinski definition) is 0. The zero-order valence-corrected chi connectivity index (χ0v) is 7.39. The molecule has 0 aliphatic heterocycles. The molecule has 0 aliphatic rings. The summed E-state index contributed by atoms with van der Waals surface area (Å²) in [6.45, 7) is 0. The van der Waals surface area contributed by atoms with Crippen molar-refractivity contribution in [1.82, 2.24) is 0 Å². The van der Waals surface area contributed by atoms with Gasteiger partial charge < -0.3 is 0 Å². The van der Waals surface area contributed by atoms with Gasteiger partial charge in [-0.1, -0.05) is 0 Å². The van der Waals surface area contributed by atoms with Crippen LogP contribution in [0.3, 0.4) is 0 Å². The molecule has 0 aromatic carbocycles. The van der Waals surface area contributed by atoms with E-state index in [1.54, 1.807) is 0 Å². The summed E-state index contributed by atoms with van der Waals surface area (Å²) >= 11 is 0. The summed E-state index contributed by atoms with van der Waals surface area (Å²) in [7, 11) is 0. The van der Waals surface area contributed by atoms with Gasteiger partial charge in [-0.15, -0.1) is 0 Å². The topological polar surface area (TPSA) is 0 Å². The maximum Gasteiger partial charge on any atom is 0 e. The summed E-state index contributed by atoms with van der Waals surface area (Å²) in [6, 6.07) is 0. The maximum atomic E-state index is 0. The van der Waals surface area contributed by atoms with Gasteiger partial charge in [-0.2, -0.15) is 0 Å². The number of rotatable bonds is 0. The van der Waals surface area contributed by atoms with Gasteiger partial charge >= 0.3 is 0 Å². The second-order valence-electron chi connectivity index (χ2n) is 0. The molecule has 2 radical (unpaired) electrons. The Hall–Kier alpha value is 2.45. The Kier molecular flexibility index (Phi) is 143. The van der Waals surface area contributed by atoms with Gasteiger partial charge in [0.15, 0.2) is 0 Å². The molecule has 0 spiro atoms. The van der Waals surface area contributed by atoms with Crippen LogP contribution >= 0.6 is 0 Å². The molecular formula is CoNbNiTi. The van der Waals surface area contributed by atoms with Crippen molar-refractivity contribution < 1.29 is 77.4 Å². The minimum Gasteiger partial charge on any atom is 0 e. The molecule has 4 heteroatoms. The monoisotopic (exact) mass is 258 g/mol. The van der Waals surface area contributed by atoms with Gasteiger partial charge in [0, 0.05) is 77.4 Å². The molecule has 0 atom stereocenters. The van der Waals surface area contributed by atoms with Crippen molar-refractivity contribution >= 4 is 0 Å². The first-order valence-corrected chi connectivity index (χ1v) is 0. The van der Waals surface area contributed by atoms with Crippen LogP contribution < -0.4 is 0 Å². The molecule has 0 nitrogen and oxygen atoms in total. The van der Waals surface area contributed by atoms with Crippen molar-refractivity contribution in [1.29, 1.82) is 0 Å². The molecule has 0 saturated carbocycles. The largest absolute Gasteiger partial charge is 0 e. The SMILES string of the molecule is [Co].[Nb].[Ni].[Ti]. The van der Waals surface area contributed by atoms with Crippen molar-refractivity contribution in [3.63, 3.8) is 0 Å². The van der Waals surface area contributed by atoms with Gasteiger partial charge in [0.05, 0.1) is 0 Å². The molecule has 0 fully saturated rings. The zero-order valence-electron chi connectivity index (χ0n) is 1.60. The maximum absolute atomic E-state index is 0. The third-order valence-electron chi connectivity index (χ3n) is 0.